The summed E-state index contributed by atoms with van der Waals surface area (Å²) >= 11 is 0. The molecular weight excluding hydrogens is 252 g/mol. The molecule has 98 valence electrons. The van der Waals surface area contributed by atoms with Crippen molar-refractivity contribution in [2.45, 2.75) is 24.8 Å². The van der Waals surface area contributed by atoms with Crippen LogP contribution in [-0.2, 0) is 10.0 Å². The van der Waals surface area contributed by atoms with Crippen molar-refractivity contribution >= 4 is 10.0 Å². The smallest absolute Gasteiger partial charge is 0.240 e. The molecule has 1 rings (SSSR count). The molecule has 0 fully saturated rings. The van der Waals surface area contributed by atoms with Crippen molar-refractivity contribution in [1.82, 2.24) is 4.72 Å². The van der Waals surface area contributed by atoms with Crippen molar-refractivity contribution in [3.63, 3.8) is 0 Å². The third-order valence-corrected chi connectivity index (χ3v) is 4.31. The van der Waals surface area contributed by atoms with E-state index in [1.54, 1.807) is 19.9 Å². The Balaban J connectivity index is 2.97. The van der Waals surface area contributed by atoms with Crippen LogP contribution in [0.3, 0.4) is 0 Å². The van der Waals surface area contributed by atoms with Crippen LogP contribution in [0.4, 0.5) is 0 Å². The minimum atomic E-state index is -3.66. The van der Waals surface area contributed by atoms with Gasteiger partial charge in [0.2, 0.25) is 10.0 Å². The summed E-state index contributed by atoms with van der Waals surface area (Å²) in [5, 5.41) is 17.7. The third kappa shape index (κ3) is 3.53. The third-order valence-electron chi connectivity index (χ3n) is 2.76. The molecule has 0 heterocycles. The predicted molar refractivity (Wildman–Crippen MR) is 67.2 cm³/mol. The molecule has 2 N–H and O–H groups in total. The number of nitrogens with one attached hydrogen (secondary N) is 1. The topological polar surface area (TPSA) is 90.2 Å². The Labute approximate surface area is 107 Å². The van der Waals surface area contributed by atoms with Gasteiger partial charge in [0.25, 0.3) is 0 Å². The standard InChI is InChI=1S/C12H16N2O3S/c1-9(8-15)10(2)14-18(16,17)12-5-3-4-11(6-12)7-13/h3-6,9-10,14-15H,8H2,1-2H3. The summed E-state index contributed by atoms with van der Waals surface area (Å²) in [5.41, 5.74) is 0.292. The molecule has 2 unspecified atom stereocenters. The van der Waals surface area contributed by atoms with Crippen LogP contribution in [0, 0.1) is 17.2 Å². The summed E-state index contributed by atoms with van der Waals surface area (Å²) in [6, 6.07) is 7.32. The average molecular weight is 268 g/mol. The second-order valence-corrected chi connectivity index (χ2v) is 5.92. The first-order valence-corrected chi connectivity index (χ1v) is 7.02. The zero-order valence-corrected chi connectivity index (χ0v) is 11.1. The molecule has 0 aliphatic carbocycles. The van der Waals surface area contributed by atoms with Gasteiger partial charge in [0.05, 0.1) is 16.5 Å². The molecule has 6 heteroatoms. The first-order chi connectivity index (χ1) is 8.40. The number of benzene rings is 1. The van der Waals surface area contributed by atoms with E-state index in [9.17, 15) is 8.42 Å². The molecule has 0 amide bonds. The van der Waals surface area contributed by atoms with Gasteiger partial charge in [-0.25, -0.2) is 13.1 Å². The van der Waals surface area contributed by atoms with E-state index in [2.05, 4.69) is 4.72 Å². The quantitative estimate of drug-likeness (QED) is 0.828. The molecule has 0 spiro atoms. The number of aliphatic hydroxyl groups excluding tert-OH is 1. The SMILES string of the molecule is CC(CO)C(C)NS(=O)(=O)c1cccc(C#N)c1. The maximum atomic E-state index is 12.0. The van der Waals surface area contributed by atoms with E-state index in [0.29, 0.717) is 5.56 Å². The van der Waals surface area contributed by atoms with E-state index < -0.39 is 10.0 Å². The normalized spacial score (nSPS) is 14.8. The van der Waals surface area contributed by atoms with E-state index in [-0.39, 0.29) is 23.5 Å². The lowest BCUT2D eigenvalue weighted by Crippen LogP contribution is -2.38. The van der Waals surface area contributed by atoms with Crippen LogP contribution in [0.1, 0.15) is 19.4 Å². The maximum absolute atomic E-state index is 12.0. The van der Waals surface area contributed by atoms with Crippen LogP contribution in [0.25, 0.3) is 0 Å². The molecule has 1 aromatic carbocycles. The fourth-order valence-corrected chi connectivity index (χ4v) is 2.72. The van der Waals surface area contributed by atoms with Crippen molar-refractivity contribution in [3.8, 4) is 6.07 Å². The van der Waals surface area contributed by atoms with Crippen LogP contribution in [0.5, 0.6) is 0 Å². The molecule has 0 saturated carbocycles. The minimum Gasteiger partial charge on any atom is -0.396 e. The van der Waals surface area contributed by atoms with Crippen LogP contribution in [0.2, 0.25) is 0 Å². The van der Waals surface area contributed by atoms with Crippen LogP contribution >= 0.6 is 0 Å². The van der Waals surface area contributed by atoms with Gasteiger partial charge in [-0.15, -0.1) is 0 Å². The zero-order valence-electron chi connectivity index (χ0n) is 10.3. The van der Waals surface area contributed by atoms with E-state index in [1.165, 1.54) is 18.2 Å². The minimum absolute atomic E-state index is 0.0542. The molecule has 2 atom stereocenters. The highest BCUT2D eigenvalue weighted by molar-refractivity contribution is 7.89. The number of nitriles is 1. The Bertz CT molecular complexity index is 549. The van der Waals surface area contributed by atoms with Gasteiger partial charge in [-0.3, -0.25) is 0 Å². The highest BCUT2D eigenvalue weighted by Gasteiger charge is 2.20. The molecule has 5 nitrogen and oxygen atoms in total. The number of rotatable bonds is 5. The molecule has 1 aromatic rings. The Morgan fingerprint density at radius 2 is 2.11 bits per heavy atom. The van der Waals surface area contributed by atoms with Crippen molar-refractivity contribution in [2.24, 2.45) is 5.92 Å². The second kappa shape index (κ2) is 5.96. The fraction of sp³-hybridized carbons (Fsp3) is 0.417. The second-order valence-electron chi connectivity index (χ2n) is 4.21. The summed E-state index contributed by atoms with van der Waals surface area (Å²) in [4.78, 5) is 0.0542. The lowest BCUT2D eigenvalue weighted by atomic mass is 10.1. The van der Waals surface area contributed by atoms with Gasteiger partial charge in [0, 0.05) is 12.6 Å². The van der Waals surface area contributed by atoms with Gasteiger partial charge in [0.15, 0.2) is 0 Å². The fourth-order valence-electron chi connectivity index (χ4n) is 1.32. The van der Waals surface area contributed by atoms with Gasteiger partial charge in [-0.05, 0) is 31.0 Å². The zero-order chi connectivity index (χ0) is 13.8. The highest BCUT2D eigenvalue weighted by Crippen LogP contribution is 2.13. The Morgan fingerprint density at radius 3 is 2.67 bits per heavy atom. The molecule has 0 aliphatic heterocycles. The number of sulfonamides is 1. The average Bonchev–Trinajstić information content (AvgIpc) is 2.37. The number of hydrogen-bond acceptors (Lipinski definition) is 4. The maximum Gasteiger partial charge on any atom is 0.240 e. The van der Waals surface area contributed by atoms with Crippen molar-refractivity contribution in [3.05, 3.63) is 29.8 Å². The van der Waals surface area contributed by atoms with Gasteiger partial charge < -0.3 is 5.11 Å². The molecule has 0 aromatic heterocycles. The first-order valence-electron chi connectivity index (χ1n) is 5.54. The Hall–Kier alpha value is -1.42. The van der Waals surface area contributed by atoms with Gasteiger partial charge in [0.1, 0.15) is 0 Å². The summed E-state index contributed by atoms with van der Waals surface area (Å²) in [6.45, 7) is 3.34. The summed E-state index contributed by atoms with van der Waals surface area (Å²) in [5.74, 6) is -0.182. The van der Waals surface area contributed by atoms with E-state index in [1.807, 2.05) is 6.07 Å². The molecule has 0 aliphatic rings. The summed E-state index contributed by atoms with van der Waals surface area (Å²) in [7, 11) is -3.66. The first kappa shape index (κ1) is 14.6. The van der Waals surface area contributed by atoms with Crippen molar-refractivity contribution in [2.75, 3.05) is 6.61 Å². The molecule has 18 heavy (non-hydrogen) atoms. The molecular formula is C12H16N2O3S. The van der Waals surface area contributed by atoms with E-state index in [0.717, 1.165) is 0 Å². The lowest BCUT2D eigenvalue weighted by molar-refractivity contribution is 0.216. The number of hydrogen-bond donors (Lipinski definition) is 2. The van der Waals surface area contributed by atoms with E-state index >= 15 is 0 Å². The lowest BCUT2D eigenvalue weighted by Gasteiger charge is -2.19. The highest BCUT2D eigenvalue weighted by atomic mass is 32.2. The monoisotopic (exact) mass is 268 g/mol. The van der Waals surface area contributed by atoms with Gasteiger partial charge in [-0.2, -0.15) is 5.26 Å². The van der Waals surface area contributed by atoms with E-state index in [4.69, 9.17) is 10.4 Å². The van der Waals surface area contributed by atoms with Gasteiger partial charge >= 0.3 is 0 Å². The van der Waals surface area contributed by atoms with Gasteiger partial charge in [-0.1, -0.05) is 13.0 Å². The van der Waals surface area contributed by atoms with Crippen molar-refractivity contribution < 1.29 is 13.5 Å². The Kier molecular flexibility index (Phi) is 4.84. The Morgan fingerprint density at radius 1 is 1.44 bits per heavy atom. The molecule has 0 radical (unpaired) electrons. The van der Waals surface area contributed by atoms with Crippen LogP contribution in [0.15, 0.2) is 29.2 Å². The summed E-state index contributed by atoms with van der Waals surface area (Å²) in [6.07, 6.45) is 0. The molecule has 0 bridgehead atoms. The number of aliphatic hydroxyl groups is 1. The van der Waals surface area contributed by atoms with Crippen LogP contribution < -0.4 is 4.72 Å². The van der Waals surface area contributed by atoms with Crippen LogP contribution in [-0.4, -0.2) is 26.2 Å². The largest absolute Gasteiger partial charge is 0.396 e. The van der Waals surface area contributed by atoms with Crippen molar-refractivity contribution in [1.29, 1.82) is 5.26 Å². The number of nitrogens with zero attached hydrogens (tertiary/aromatic N) is 1. The molecule has 0 saturated heterocycles. The predicted octanol–water partition coefficient (Wildman–Crippen LogP) is 0.853. The summed E-state index contributed by atoms with van der Waals surface area (Å²) < 4.78 is 26.5.